The van der Waals surface area contributed by atoms with Crippen molar-refractivity contribution in [3.05, 3.63) is 47.6 Å². The molecule has 1 aromatic carbocycles. The first-order valence-electron chi connectivity index (χ1n) is 7.17. The molecule has 0 spiro atoms. The molecule has 0 atom stereocenters. The smallest absolute Gasteiger partial charge is 0.227 e. The lowest BCUT2D eigenvalue weighted by Gasteiger charge is -2.34. The van der Waals surface area contributed by atoms with Crippen molar-refractivity contribution < 1.29 is 4.52 Å². The Bertz CT molecular complexity index is 591. The Labute approximate surface area is 131 Å². The molecular weight excluding hydrogens is 286 g/mol. The molecule has 0 aliphatic heterocycles. The molecule has 4 nitrogen and oxygen atoms in total. The van der Waals surface area contributed by atoms with E-state index in [9.17, 15) is 0 Å². The molecule has 0 unspecified atom stereocenters. The predicted octanol–water partition coefficient (Wildman–Crippen LogP) is 3.35. The van der Waals surface area contributed by atoms with Gasteiger partial charge in [-0.15, -0.1) is 12.4 Å². The van der Waals surface area contributed by atoms with Gasteiger partial charge in [-0.25, -0.2) is 0 Å². The first-order chi connectivity index (χ1) is 9.50. The Balaban J connectivity index is 0.00000161. The van der Waals surface area contributed by atoms with Gasteiger partial charge in [0.1, 0.15) is 0 Å². The maximum atomic E-state index is 6.23. The standard InChI is InChI=1S/C16H21N3O.ClH/c1-15(2,12-7-4-3-5-8-12)11-13-18-14(19-20-13)16(17)9-6-10-16;/h3-5,7-8H,6,9-11,17H2,1-2H3;1H. The third kappa shape index (κ3) is 3.11. The van der Waals surface area contributed by atoms with E-state index in [2.05, 4.69) is 48.3 Å². The minimum Gasteiger partial charge on any atom is -0.339 e. The van der Waals surface area contributed by atoms with Gasteiger partial charge in [0.2, 0.25) is 5.89 Å². The first-order valence-corrected chi connectivity index (χ1v) is 7.17. The van der Waals surface area contributed by atoms with Crippen molar-refractivity contribution in [3.8, 4) is 0 Å². The Hall–Kier alpha value is -1.39. The topological polar surface area (TPSA) is 64.9 Å². The molecule has 0 saturated heterocycles. The molecule has 1 heterocycles. The third-order valence-electron chi connectivity index (χ3n) is 4.31. The summed E-state index contributed by atoms with van der Waals surface area (Å²) in [5.41, 5.74) is 7.11. The molecule has 1 aliphatic carbocycles. The minimum absolute atomic E-state index is 0. The van der Waals surface area contributed by atoms with Gasteiger partial charge in [0.25, 0.3) is 0 Å². The number of hydrogen-bond acceptors (Lipinski definition) is 4. The van der Waals surface area contributed by atoms with Crippen molar-refractivity contribution in [2.45, 2.75) is 50.5 Å². The molecule has 3 rings (SSSR count). The van der Waals surface area contributed by atoms with E-state index in [0.29, 0.717) is 11.7 Å². The van der Waals surface area contributed by atoms with Crippen LogP contribution in [0, 0.1) is 0 Å². The molecule has 2 N–H and O–H groups in total. The van der Waals surface area contributed by atoms with Crippen LogP contribution in [0.1, 0.15) is 50.4 Å². The zero-order valence-corrected chi connectivity index (χ0v) is 13.3. The lowest BCUT2D eigenvalue weighted by molar-refractivity contribution is 0.228. The molecule has 1 aliphatic rings. The number of hydrogen-bond donors (Lipinski definition) is 1. The fourth-order valence-electron chi connectivity index (χ4n) is 2.68. The highest BCUT2D eigenvalue weighted by molar-refractivity contribution is 5.85. The largest absolute Gasteiger partial charge is 0.339 e. The van der Waals surface area contributed by atoms with E-state index >= 15 is 0 Å². The summed E-state index contributed by atoms with van der Waals surface area (Å²) in [4.78, 5) is 4.51. The number of nitrogens with two attached hydrogens (primary N) is 1. The van der Waals surface area contributed by atoms with Crippen molar-refractivity contribution in [3.63, 3.8) is 0 Å². The van der Waals surface area contributed by atoms with Crippen molar-refractivity contribution in [2.24, 2.45) is 5.73 Å². The van der Waals surface area contributed by atoms with Crippen LogP contribution in [0.15, 0.2) is 34.9 Å². The Morgan fingerprint density at radius 2 is 1.90 bits per heavy atom. The predicted molar refractivity (Wildman–Crippen MR) is 84.4 cm³/mol. The van der Waals surface area contributed by atoms with Gasteiger partial charge in [-0.05, 0) is 30.2 Å². The highest BCUT2D eigenvalue weighted by Crippen LogP contribution is 2.37. The van der Waals surface area contributed by atoms with Gasteiger partial charge in [-0.1, -0.05) is 49.3 Å². The lowest BCUT2D eigenvalue weighted by atomic mass is 9.77. The highest BCUT2D eigenvalue weighted by Gasteiger charge is 2.39. The molecule has 0 bridgehead atoms. The maximum Gasteiger partial charge on any atom is 0.227 e. The molecule has 1 fully saturated rings. The van der Waals surface area contributed by atoms with E-state index in [0.717, 1.165) is 25.7 Å². The molecule has 0 radical (unpaired) electrons. The zero-order chi connectivity index (χ0) is 14.2. The second-order valence-corrected chi connectivity index (χ2v) is 6.45. The fourth-order valence-corrected chi connectivity index (χ4v) is 2.68. The summed E-state index contributed by atoms with van der Waals surface area (Å²) < 4.78 is 5.40. The summed E-state index contributed by atoms with van der Waals surface area (Å²) >= 11 is 0. The van der Waals surface area contributed by atoms with Crippen LogP contribution in [0.2, 0.25) is 0 Å². The lowest BCUT2D eigenvalue weighted by Crippen LogP contribution is -2.44. The molecule has 2 aromatic rings. The molecule has 21 heavy (non-hydrogen) atoms. The van der Waals surface area contributed by atoms with Gasteiger partial charge < -0.3 is 10.3 Å². The van der Waals surface area contributed by atoms with Gasteiger partial charge in [-0.3, -0.25) is 0 Å². The number of benzene rings is 1. The van der Waals surface area contributed by atoms with Gasteiger partial charge >= 0.3 is 0 Å². The zero-order valence-electron chi connectivity index (χ0n) is 12.5. The summed E-state index contributed by atoms with van der Waals surface area (Å²) in [5, 5.41) is 4.08. The van der Waals surface area contributed by atoms with Crippen LogP contribution in [0.25, 0.3) is 0 Å². The molecule has 114 valence electrons. The summed E-state index contributed by atoms with van der Waals surface area (Å²) in [6.45, 7) is 4.38. The molecule has 5 heteroatoms. The number of aromatic nitrogens is 2. The van der Waals surface area contributed by atoms with Crippen LogP contribution < -0.4 is 5.73 Å². The fraction of sp³-hybridized carbons (Fsp3) is 0.500. The van der Waals surface area contributed by atoms with Crippen molar-refractivity contribution in [1.29, 1.82) is 0 Å². The summed E-state index contributed by atoms with van der Waals surface area (Å²) in [6.07, 6.45) is 3.78. The van der Waals surface area contributed by atoms with Crippen molar-refractivity contribution in [2.75, 3.05) is 0 Å². The van der Waals surface area contributed by atoms with E-state index in [-0.39, 0.29) is 23.4 Å². The summed E-state index contributed by atoms with van der Waals surface area (Å²) in [5.74, 6) is 1.34. The maximum absolute atomic E-state index is 6.23. The summed E-state index contributed by atoms with van der Waals surface area (Å²) in [6, 6.07) is 10.4. The van der Waals surface area contributed by atoms with E-state index in [4.69, 9.17) is 10.3 Å². The molecular formula is C16H22ClN3O. The van der Waals surface area contributed by atoms with E-state index < -0.39 is 0 Å². The van der Waals surface area contributed by atoms with Gasteiger partial charge in [-0.2, -0.15) is 4.98 Å². The molecule has 1 aromatic heterocycles. The van der Waals surface area contributed by atoms with Crippen LogP contribution in [0.4, 0.5) is 0 Å². The van der Waals surface area contributed by atoms with Crippen LogP contribution in [0.5, 0.6) is 0 Å². The Morgan fingerprint density at radius 3 is 2.48 bits per heavy atom. The third-order valence-corrected chi connectivity index (χ3v) is 4.31. The van der Waals surface area contributed by atoms with E-state index in [1.807, 2.05) is 6.07 Å². The average molecular weight is 308 g/mol. The van der Waals surface area contributed by atoms with Crippen LogP contribution in [-0.4, -0.2) is 10.1 Å². The minimum atomic E-state index is -0.349. The van der Waals surface area contributed by atoms with Crippen LogP contribution >= 0.6 is 12.4 Å². The second-order valence-electron chi connectivity index (χ2n) is 6.45. The number of rotatable bonds is 4. The van der Waals surface area contributed by atoms with E-state index in [1.54, 1.807) is 0 Å². The SMILES string of the molecule is CC(C)(Cc1nc(C2(N)CCC2)no1)c1ccccc1.Cl. The van der Waals surface area contributed by atoms with Crippen molar-refractivity contribution >= 4 is 12.4 Å². The molecule has 1 saturated carbocycles. The van der Waals surface area contributed by atoms with Crippen LogP contribution in [-0.2, 0) is 17.4 Å². The van der Waals surface area contributed by atoms with Gasteiger partial charge in [0.15, 0.2) is 5.82 Å². The first kappa shape index (κ1) is 16.0. The van der Waals surface area contributed by atoms with Gasteiger partial charge in [0.05, 0.1) is 5.54 Å². The monoisotopic (exact) mass is 307 g/mol. The Kier molecular flexibility index (Phi) is 4.40. The average Bonchev–Trinajstić information content (AvgIpc) is 2.85. The second kappa shape index (κ2) is 5.78. The molecule has 0 amide bonds. The number of nitrogens with zero attached hydrogens (tertiary/aromatic N) is 2. The van der Waals surface area contributed by atoms with Crippen LogP contribution in [0.3, 0.4) is 0 Å². The normalized spacial score (nSPS) is 16.9. The van der Waals surface area contributed by atoms with Crippen molar-refractivity contribution in [1.82, 2.24) is 10.1 Å². The summed E-state index contributed by atoms with van der Waals surface area (Å²) in [7, 11) is 0. The highest BCUT2D eigenvalue weighted by atomic mass is 35.5. The number of halogens is 1. The van der Waals surface area contributed by atoms with E-state index in [1.165, 1.54) is 5.56 Å². The van der Waals surface area contributed by atoms with Gasteiger partial charge in [0, 0.05) is 6.42 Å². The quantitative estimate of drug-likeness (QED) is 0.940. The Morgan fingerprint density at radius 1 is 1.24 bits per heavy atom.